The predicted octanol–water partition coefficient (Wildman–Crippen LogP) is 0.274. The number of rotatable bonds is 7. The molecule has 0 heterocycles. The van der Waals surface area contributed by atoms with Crippen molar-refractivity contribution in [2.45, 2.75) is 6.42 Å². The summed E-state index contributed by atoms with van der Waals surface area (Å²) in [7, 11) is 1.86. The van der Waals surface area contributed by atoms with Crippen molar-refractivity contribution in [3.8, 4) is 0 Å². The highest BCUT2D eigenvalue weighted by Gasteiger charge is 2.09. The summed E-state index contributed by atoms with van der Waals surface area (Å²) in [5.41, 5.74) is 6.43. The molecule has 0 unspecified atom stereocenters. The summed E-state index contributed by atoms with van der Waals surface area (Å²) >= 11 is 0. The Bertz CT molecular complexity index is 435. The number of likely N-dealkylation sites (N-methyl/N-ethyl adjacent to an activating group) is 1. The summed E-state index contributed by atoms with van der Waals surface area (Å²) in [5, 5.41) is 5.72. The molecule has 0 radical (unpaired) electrons. The van der Waals surface area contributed by atoms with Gasteiger partial charge in [0, 0.05) is 5.56 Å². The Hall–Kier alpha value is -2.08. The first-order valence-corrected chi connectivity index (χ1v) is 6.08. The molecule has 4 N–H and O–H groups in total. The van der Waals surface area contributed by atoms with Crippen LogP contribution in [0.5, 0.6) is 0 Å². The number of ether oxygens (including phenoxy) is 1. The van der Waals surface area contributed by atoms with E-state index in [0.29, 0.717) is 5.56 Å². The van der Waals surface area contributed by atoms with Gasteiger partial charge in [0.05, 0.1) is 6.54 Å². The third kappa shape index (κ3) is 5.39. The van der Waals surface area contributed by atoms with Crippen LogP contribution in [0, 0.1) is 0 Å². The van der Waals surface area contributed by atoms with Crippen LogP contribution in [-0.2, 0) is 11.2 Å². The number of hydrogen-bond donors (Lipinski definition) is 3. The Balaban J connectivity index is 2.53. The zero-order valence-electron chi connectivity index (χ0n) is 10.9. The van der Waals surface area contributed by atoms with Crippen molar-refractivity contribution in [2.24, 2.45) is 5.73 Å². The van der Waals surface area contributed by atoms with E-state index in [2.05, 4.69) is 15.4 Å². The molecule has 0 aromatic heterocycles. The molecule has 19 heavy (non-hydrogen) atoms. The standard InChI is InChI=1S/C13H19N3O3/c1-15-7-6-10-4-2-3-5-11(10)12(17)16-8-9-19-13(14)18/h2-5,15H,6-9H2,1H3,(H2,14,18)(H,16,17). The summed E-state index contributed by atoms with van der Waals surface area (Å²) in [4.78, 5) is 22.3. The molecular weight excluding hydrogens is 246 g/mol. The second-order valence-corrected chi connectivity index (χ2v) is 3.93. The first-order valence-electron chi connectivity index (χ1n) is 6.08. The Morgan fingerprint density at radius 3 is 2.68 bits per heavy atom. The Labute approximate surface area is 112 Å². The monoisotopic (exact) mass is 265 g/mol. The topological polar surface area (TPSA) is 93.4 Å². The van der Waals surface area contributed by atoms with E-state index < -0.39 is 6.09 Å². The highest BCUT2D eigenvalue weighted by atomic mass is 16.5. The summed E-state index contributed by atoms with van der Waals surface area (Å²) in [6, 6.07) is 7.41. The van der Waals surface area contributed by atoms with E-state index in [1.165, 1.54) is 0 Å². The van der Waals surface area contributed by atoms with Gasteiger partial charge in [-0.15, -0.1) is 0 Å². The fraction of sp³-hybridized carbons (Fsp3) is 0.385. The van der Waals surface area contributed by atoms with Crippen LogP contribution in [-0.4, -0.2) is 38.7 Å². The lowest BCUT2D eigenvalue weighted by Crippen LogP contribution is -2.30. The van der Waals surface area contributed by atoms with E-state index in [9.17, 15) is 9.59 Å². The first kappa shape index (κ1) is 15.0. The van der Waals surface area contributed by atoms with Gasteiger partial charge in [0.25, 0.3) is 5.91 Å². The van der Waals surface area contributed by atoms with Crippen LogP contribution in [0.1, 0.15) is 15.9 Å². The minimum atomic E-state index is -0.844. The third-order valence-electron chi connectivity index (χ3n) is 2.54. The van der Waals surface area contributed by atoms with Crippen LogP contribution in [0.2, 0.25) is 0 Å². The minimum Gasteiger partial charge on any atom is -0.448 e. The van der Waals surface area contributed by atoms with Gasteiger partial charge in [-0.25, -0.2) is 4.79 Å². The fourth-order valence-electron chi connectivity index (χ4n) is 1.63. The highest BCUT2D eigenvalue weighted by Crippen LogP contribution is 2.09. The Morgan fingerprint density at radius 1 is 1.26 bits per heavy atom. The molecule has 0 aliphatic heterocycles. The molecule has 0 spiro atoms. The van der Waals surface area contributed by atoms with Gasteiger partial charge in [-0.05, 0) is 31.6 Å². The molecule has 0 saturated heterocycles. The molecule has 1 aromatic carbocycles. The maximum absolute atomic E-state index is 12.0. The van der Waals surface area contributed by atoms with Crippen molar-refractivity contribution in [3.63, 3.8) is 0 Å². The Morgan fingerprint density at radius 2 is 2.00 bits per heavy atom. The molecule has 6 heteroatoms. The number of nitrogens with one attached hydrogen (secondary N) is 2. The smallest absolute Gasteiger partial charge is 0.404 e. The molecule has 6 nitrogen and oxygen atoms in total. The van der Waals surface area contributed by atoms with Crippen LogP contribution in [0.15, 0.2) is 24.3 Å². The van der Waals surface area contributed by atoms with Gasteiger partial charge in [0.2, 0.25) is 0 Å². The zero-order valence-corrected chi connectivity index (χ0v) is 10.9. The van der Waals surface area contributed by atoms with Crippen LogP contribution in [0.3, 0.4) is 0 Å². The average molecular weight is 265 g/mol. The molecule has 0 bridgehead atoms. The number of nitrogens with two attached hydrogens (primary N) is 1. The van der Waals surface area contributed by atoms with Crippen molar-refractivity contribution < 1.29 is 14.3 Å². The van der Waals surface area contributed by atoms with Crippen molar-refractivity contribution in [1.29, 1.82) is 0 Å². The first-order chi connectivity index (χ1) is 9.15. The largest absolute Gasteiger partial charge is 0.448 e. The SMILES string of the molecule is CNCCc1ccccc1C(=O)NCCOC(N)=O. The molecule has 0 saturated carbocycles. The quantitative estimate of drug-likeness (QED) is 0.617. The lowest BCUT2D eigenvalue weighted by atomic mass is 10.0. The van der Waals surface area contributed by atoms with Gasteiger partial charge >= 0.3 is 6.09 Å². The second kappa shape index (κ2) is 8.10. The van der Waals surface area contributed by atoms with Crippen LogP contribution in [0.4, 0.5) is 4.79 Å². The second-order valence-electron chi connectivity index (χ2n) is 3.93. The van der Waals surface area contributed by atoms with E-state index in [-0.39, 0.29) is 19.1 Å². The minimum absolute atomic E-state index is 0.0692. The van der Waals surface area contributed by atoms with Crippen molar-refractivity contribution in [3.05, 3.63) is 35.4 Å². The number of benzene rings is 1. The van der Waals surface area contributed by atoms with Crippen molar-refractivity contribution in [2.75, 3.05) is 26.7 Å². The van der Waals surface area contributed by atoms with Crippen LogP contribution in [0.25, 0.3) is 0 Å². The highest BCUT2D eigenvalue weighted by molar-refractivity contribution is 5.95. The molecule has 0 aliphatic carbocycles. The number of carbonyl (C=O) groups excluding carboxylic acids is 2. The van der Waals surface area contributed by atoms with E-state index in [1.807, 2.05) is 25.2 Å². The molecule has 1 rings (SSSR count). The van der Waals surface area contributed by atoms with Gasteiger partial charge in [-0.2, -0.15) is 0 Å². The Kier molecular flexibility index (Phi) is 6.38. The maximum Gasteiger partial charge on any atom is 0.404 e. The summed E-state index contributed by atoms with van der Waals surface area (Å²) < 4.78 is 4.54. The number of carbonyl (C=O) groups is 2. The lowest BCUT2D eigenvalue weighted by molar-refractivity contribution is 0.0936. The summed E-state index contributed by atoms with van der Waals surface area (Å²) in [6.07, 6.45) is -0.0682. The van der Waals surface area contributed by atoms with Crippen molar-refractivity contribution in [1.82, 2.24) is 10.6 Å². The van der Waals surface area contributed by atoms with Crippen LogP contribution < -0.4 is 16.4 Å². The molecule has 0 fully saturated rings. The van der Waals surface area contributed by atoms with E-state index in [0.717, 1.165) is 18.5 Å². The maximum atomic E-state index is 12.0. The zero-order chi connectivity index (χ0) is 14.1. The normalized spacial score (nSPS) is 9.95. The fourth-order valence-corrected chi connectivity index (χ4v) is 1.63. The van der Waals surface area contributed by atoms with E-state index in [4.69, 9.17) is 5.73 Å². The number of hydrogen-bond acceptors (Lipinski definition) is 4. The molecule has 0 atom stereocenters. The average Bonchev–Trinajstić information content (AvgIpc) is 2.41. The van der Waals surface area contributed by atoms with Gasteiger partial charge in [0.15, 0.2) is 0 Å². The summed E-state index contributed by atoms with van der Waals surface area (Å²) in [5.74, 6) is -0.181. The van der Waals surface area contributed by atoms with E-state index in [1.54, 1.807) is 6.07 Å². The molecule has 0 aliphatic rings. The number of amides is 2. The van der Waals surface area contributed by atoms with E-state index >= 15 is 0 Å². The molecule has 2 amide bonds. The van der Waals surface area contributed by atoms with Crippen molar-refractivity contribution >= 4 is 12.0 Å². The van der Waals surface area contributed by atoms with Crippen LogP contribution >= 0.6 is 0 Å². The molecule has 104 valence electrons. The number of primary amides is 1. The molecule has 1 aromatic rings. The van der Waals surface area contributed by atoms with Gasteiger partial charge in [0.1, 0.15) is 6.61 Å². The summed E-state index contributed by atoms with van der Waals surface area (Å²) in [6.45, 7) is 1.11. The lowest BCUT2D eigenvalue weighted by Gasteiger charge is -2.10. The van der Waals surface area contributed by atoms with Gasteiger partial charge in [-0.1, -0.05) is 18.2 Å². The molecular formula is C13H19N3O3. The third-order valence-corrected chi connectivity index (χ3v) is 2.54. The predicted molar refractivity (Wildman–Crippen MR) is 71.9 cm³/mol. The van der Waals surface area contributed by atoms with Gasteiger partial charge < -0.3 is 21.1 Å². The van der Waals surface area contributed by atoms with Gasteiger partial charge in [-0.3, -0.25) is 4.79 Å².